The molecule has 8 nitrogen and oxygen atoms in total. The van der Waals surface area contributed by atoms with Crippen LogP contribution in [0, 0.1) is 0 Å². The number of rotatable bonds is 5. The van der Waals surface area contributed by atoms with E-state index in [4.69, 9.17) is 5.26 Å². The van der Waals surface area contributed by atoms with Crippen molar-refractivity contribution >= 4 is 30.0 Å². The first-order valence-corrected chi connectivity index (χ1v) is 4.60. The lowest BCUT2D eigenvalue weighted by Crippen LogP contribution is -2.33. The second-order valence-electron chi connectivity index (χ2n) is 2.63. The van der Waals surface area contributed by atoms with Gasteiger partial charge in [0.1, 0.15) is 12.0 Å². The fourth-order valence-electron chi connectivity index (χ4n) is 0.834. The maximum Gasteiger partial charge on any atom is 0.415 e. The SMILES string of the molecule is O=C1CC(OC(=O)C(F)(F)SOOO)C(=O)O1. The molecule has 0 bridgehead atoms. The van der Waals surface area contributed by atoms with E-state index >= 15 is 0 Å². The van der Waals surface area contributed by atoms with E-state index in [0.29, 0.717) is 0 Å². The second-order valence-corrected chi connectivity index (χ2v) is 3.45. The van der Waals surface area contributed by atoms with Crippen LogP contribution in [0.25, 0.3) is 0 Å². The van der Waals surface area contributed by atoms with Crippen molar-refractivity contribution in [2.45, 2.75) is 17.8 Å². The lowest BCUT2D eigenvalue weighted by Gasteiger charge is -2.13. The van der Waals surface area contributed by atoms with Gasteiger partial charge in [0.15, 0.2) is 0 Å². The predicted molar refractivity (Wildman–Crippen MR) is 42.9 cm³/mol. The van der Waals surface area contributed by atoms with Gasteiger partial charge in [0, 0.05) is 0 Å². The van der Waals surface area contributed by atoms with Crippen molar-refractivity contribution < 1.29 is 47.3 Å². The average Bonchev–Trinajstić information content (AvgIpc) is 2.54. The third-order valence-corrected chi connectivity index (χ3v) is 1.99. The van der Waals surface area contributed by atoms with Gasteiger partial charge < -0.3 is 9.47 Å². The number of alkyl halides is 2. The van der Waals surface area contributed by atoms with Crippen LogP contribution in [0.15, 0.2) is 0 Å². The number of halogens is 2. The van der Waals surface area contributed by atoms with Crippen molar-refractivity contribution in [2.24, 2.45) is 0 Å². The third-order valence-electron chi connectivity index (χ3n) is 1.49. The molecule has 1 unspecified atom stereocenters. The first-order valence-electron chi connectivity index (χ1n) is 3.86. The first-order chi connectivity index (χ1) is 7.86. The summed E-state index contributed by atoms with van der Waals surface area (Å²) in [6.45, 7) is 0. The number of hydrogen-bond donors (Lipinski definition) is 1. The second kappa shape index (κ2) is 5.35. The van der Waals surface area contributed by atoms with E-state index in [0.717, 1.165) is 0 Å². The van der Waals surface area contributed by atoms with Crippen molar-refractivity contribution in [3.8, 4) is 0 Å². The third kappa shape index (κ3) is 3.59. The molecule has 1 aliphatic rings. The van der Waals surface area contributed by atoms with E-state index < -0.39 is 47.7 Å². The molecule has 0 spiro atoms. The van der Waals surface area contributed by atoms with Gasteiger partial charge >= 0.3 is 23.2 Å². The van der Waals surface area contributed by atoms with Crippen LogP contribution < -0.4 is 0 Å². The Kier molecular flexibility index (Phi) is 4.34. The Hall–Kier alpha value is -1.30. The van der Waals surface area contributed by atoms with Crippen LogP contribution in [0.3, 0.4) is 0 Å². The number of cyclic esters (lactones) is 2. The van der Waals surface area contributed by atoms with Gasteiger partial charge in [-0.15, -0.1) is 4.33 Å². The topological polar surface area (TPSA) is 108 Å². The van der Waals surface area contributed by atoms with Crippen LogP contribution in [0.1, 0.15) is 6.42 Å². The molecule has 0 aromatic heterocycles. The van der Waals surface area contributed by atoms with Crippen molar-refractivity contribution in [3.63, 3.8) is 0 Å². The zero-order valence-corrected chi connectivity index (χ0v) is 8.57. The Morgan fingerprint density at radius 2 is 2.18 bits per heavy atom. The molecule has 0 saturated carbocycles. The summed E-state index contributed by atoms with van der Waals surface area (Å²) in [5.74, 6) is -4.36. The molecule has 1 aliphatic heterocycles. The molecule has 0 aromatic rings. The van der Waals surface area contributed by atoms with Crippen LogP contribution in [0.4, 0.5) is 8.78 Å². The van der Waals surface area contributed by atoms with E-state index in [1.54, 1.807) is 0 Å². The van der Waals surface area contributed by atoms with Gasteiger partial charge in [-0.1, -0.05) is 5.04 Å². The summed E-state index contributed by atoms with van der Waals surface area (Å²) in [4.78, 5) is 32.2. The summed E-state index contributed by atoms with van der Waals surface area (Å²) < 4.78 is 37.0. The Morgan fingerprint density at radius 1 is 1.53 bits per heavy atom. The molecule has 0 aromatic carbocycles. The lowest BCUT2D eigenvalue weighted by atomic mass is 10.3. The average molecular weight is 274 g/mol. The van der Waals surface area contributed by atoms with Gasteiger partial charge in [-0.2, -0.15) is 8.78 Å². The number of ether oxygens (including phenoxy) is 2. The standard InChI is InChI=1S/C6H4F2O8S/c7-6(8,17-16-15-12)5(11)13-2-1-3(9)14-4(2)10/h2,12H,1H2. The highest BCUT2D eigenvalue weighted by molar-refractivity contribution is 7.96. The molecule has 0 aliphatic carbocycles. The normalized spacial score (nSPS) is 20.3. The predicted octanol–water partition coefficient (Wildman–Crippen LogP) is 0.0339. The van der Waals surface area contributed by atoms with Crippen LogP contribution in [0.2, 0.25) is 0 Å². The number of carbonyl (C=O) groups excluding carboxylic acids is 3. The molecule has 1 saturated heterocycles. The zero-order chi connectivity index (χ0) is 13.1. The largest absolute Gasteiger partial charge is 0.444 e. The van der Waals surface area contributed by atoms with E-state index in [1.807, 2.05) is 0 Å². The number of esters is 3. The van der Waals surface area contributed by atoms with Crippen molar-refractivity contribution in [2.75, 3.05) is 0 Å². The highest BCUT2D eigenvalue weighted by Crippen LogP contribution is 2.32. The maximum absolute atomic E-state index is 12.8. The van der Waals surface area contributed by atoms with Crippen molar-refractivity contribution in [3.05, 3.63) is 0 Å². The van der Waals surface area contributed by atoms with Crippen LogP contribution >= 0.6 is 12.0 Å². The van der Waals surface area contributed by atoms with E-state index in [9.17, 15) is 23.2 Å². The van der Waals surface area contributed by atoms with Crippen LogP contribution in [0.5, 0.6) is 0 Å². The van der Waals surface area contributed by atoms with Gasteiger partial charge in [0.25, 0.3) is 0 Å². The van der Waals surface area contributed by atoms with Crippen molar-refractivity contribution in [1.29, 1.82) is 0 Å². The van der Waals surface area contributed by atoms with Gasteiger partial charge in [-0.05, 0) is 0 Å². The Balaban J connectivity index is 2.53. The fourth-order valence-corrected chi connectivity index (χ4v) is 1.07. The van der Waals surface area contributed by atoms with Crippen molar-refractivity contribution in [1.82, 2.24) is 0 Å². The maximum atomic E-state index is 12.8. The van der Waals surface area contributed by atoms with Gasteiger partial charge in [-0.25, -0.2) is 14.8 Å². The summed E-state index contributed by atoms with van der Waals surface area (Å²) in [5, 5.41) is 6.26. The Labute approximate surface area is 95.8 Å². The molecule has 0 amide bonds. The van der Waals surface area contributed by atoms with Gasteiger partial charge in [0.2, 0.25) is 6.10 Å². The molecular formula is C6H4F2O8S. The molecule has 96 valence electrons. The summed E-state index contributed by atoms with van der Waals surface area (Å²) >= 11 is -0.845. The van der Waals surface area contributed by atoms with Gasteiger partial charge in [-0.3, -0.25) is 4.79 Å². The minimum absolute atomic E-state index is 0.636. The molecule has 1 rings (SSSR count). The van der Waals surface area contributed by atoms with E-state index in [-0.39, 0.29) is 0 Å². The summed E-state index contributed by atoms with van der Waals surface area (Å²) in [5.41, 5.74) is 0. The minimum Gasteiger partial charge on any atom is -0.444 e. The fraction of sp³-hybridized carbons (Fsp3) is 0.500. The zero-order valence-electron chi connectivity index (χ0n) is 7.75. The smallest absolute Gasteiger partial charge is 0.415 e. The minimum atomic E-state index is -4.23. The first kappa shape index (κ1) is 13.8. The molecule has 17 heavy (non-hydrogen) atoms. The highest BCUT2D eigenvalue weighted by Gasteiger charge is 2.48. The quantitative estimate of drug-likeness (QED) is 0.244. The molecule has 1 heterocycles. The highest BCUT2D eigenvalue weighted by atomic mass is 32.2. The summed E-state index contributed by atoms with van der Waals surface area (Å²) in [6, 6.07) is 0. The Bertz CT molecular complexity index is 345. The lowest BCUT2D eigenvalue weighted by molar-refractivity contribution is -0.433. The number of hydrogen-bond acceptors (Lipinski definition) is 9. The molecular weight excluding hydrogens is 270 g/mol. The van der Waals surface area contributed by atoms with E-state index in [2.05, 4.69) is 18.8 Å². The van der Waals surface area contributed by atoms with Gasteiger partial charge in [0.05, 0.1) is 6.42 Å². The van der Waals surface area contributed by atoms with Crippen LogP contribution in [-0.4, -0.2) is 34.5 Å². The number of carbonyl (C=O) groups is 3. The summed E-state index contributed by atoms with van der Waals surface area (Å²) in [6.07, 6.45) is -2.35. The van der Waals surface area contributed by atoms with E-state index in [1.165, 1.54) is 0 Å². The molecule has 1 N–H and O–H groups in total. The summed E-state index contributed by atoms with van der Waals surface area (Å²) in [7, 11) is 0. The molecule has 1 fully saturated rings. The van der Waals surface area contributed by atoms with Crippen LogP contribution in [-0.2, 0) is 33.2 Å². The Morgan fingerprint density at radius 3 is 2.65 bits per heavy atom. The monoisotopic (exact) mass is 274 g/mol. The molecule has 0 radical (unpaired) electrons. The molecule has 11 heteroatoms. The molecule has 1 atom stereocenters.